The third kappa shape index (κ3) is 4.62. The van der Waals surface area contributed by atoms with E-state index in [1.807, 2.05) is 0 Å². The van der Waals surface area contributed by atoms with E-state index in [2.05, 4.69) is 14.7 Å². The molecule has 3 nitrogen and oxygen atoms in total. The number of oxazole rings is 1. The monoisotopic (exact) mass is 316 g/mol. The minimum absolute atomic E-state index is 0.110. The Kier molecular flexibility index (Phi) is 4.50. The van der Waals surface area contributed by atoms with Crippen LogP contribution >= 0.6 is 0 Å². The highest BCUT2D eigenvalue weighted by Crippen LogP contribution is 2.46. The average molecular weight is 316 g/mol. The zero-order chi connectivity index (χ0) is 15.7. The second kappa shape index (κ2) is 5.86. The molecule has 0 saturated heterocycles. The summed E-state index contributed by atoms with van der Waals surface area (Å²) < 4.78 is 79.6. The summed E-state index contributed by atoms with van der Waals surface area (Å²) in [5, 5.41) is 3.18. The smallest absolute Gasteiger partial charge is 0.407 e. The maximum Gasteiger partial charge on any atom is 0.407 e. The molecule has 1 aliphatic rings. The van der Waals surface area contributed by atoms with Gasteiger partial charge in [-0.05, 0) is 25.8 Å². The molecule has 1 fully saturated rings. The van der Waals surface area contributed by atoms with Crippen molar-refractivity contribution in [3.63, 3.8) is 0 Å². The number of hydrogen-bond acceptors (Lipinski definition) is 3. The lowest BCUT2D eigenvalue weighted by Crippen LogP contribution is -2.33. The van der Waals surface area contributed by atoms with Crippen molar-refractivity contribution in [2.24, 2.45) is 0 Å². The zero-order valence-corrected chi connectivity index (χ0v) is 10.9. The first-order valence-electron chi connectivity index (χ1n) is 6.49. The fourth-order valence-electron chi connectivity index (χ4n) is 1.91. The van der Waals surface area contributed by atoms with E-state index in [4.69, 9.17) is 0 Å². The van der Waals surface area contributed by atoms with Gasteiger partial charge in [0.1, 0.15) is 5.76 Å². The van der Waals surface area contributed by atoms with Crippen LogP contribution in [0.15, 0.2) is 10.6 Å². The number of alkyl halides is 6. The first-order valence-corrected chi connectivity index (χ1v) is 6.49. The second-order valence-electron chi connectivity index (χ2n) is 5.00. The SMILES string of the molecule is FC(F)(F)C(c1cnc(CCCNC2CC2)o1)C(F)(F)F. The van der Waals surface area contributed by atoms with Gasteiger partial charge in [0, 0.05) is 12.5 Å². The van der Waals surface area contributed by atoms with Gasteiger partial charge < -0.3 is 9.73 Å². The molecular formula is C12H14F6N2O. The van der Waals surface area contributed by atoms with Crippen molar-refractivity contribution < 1.29 is 30.8 Å². The lowest BCUT2D eigenvalue weighted by molar-refractivity contribution is -0.257. The van der Waals surface area contributed by atoms with Crippen molar-refractivity contribution in [2.75, 3.05) is 6.54 Å². The van der Waals surface area contributed by atoms with Gasteiger partial charge in [-0.1, -0.05) is 0 Å². The molecule has 0 atom stereocenters. The topological polar surface area (TPSA) is 38.1 Å². The third-order valence-corrected chi connectivity index (χ3v) is 3.09. The van der Waals surface area contributed by atoms with Crippen molar-refractivity contribution in [1.29, 1.82) is 0 Å². The number of nitrogens with zero attached hydrogens (tertiary/aromatic N) is 1. The van der Waals surface area contributed by atoms with Gasteiger partial charge >= 0.3 is 12.4 Å². The van der Waals surface area contributed by atoms with Gasteiger partial charge in [-0.2, -0.15) is 26.3 Å². The van der Waals surface area contributed by atoms with Gasteiger partial charge in [-0.3, -0.25) is 0 Å². The average Bonchev–Trinajstić information content (AvgIpc) is 3.02. The van der Waals surface area contributed by atoms with Crippen LogP contribution in [0.5, 0.6) is 0 Å². The van der Waals surface area contributed by atoms with Gasteiger partial charge in [0.05, 0.1) is 6.20 Å². The number of aryl methyl sites for hydroxylation is 1. The summed E-state index contributed by atoms with van der Waals surface area (Å²) >= 11 is 0. The minimum Gasteiger partial charge on any atom is -0.445 e. The maximum absolute atomic E-state index is 12.5. The van der Waals surface area contributed by atoms with Crippen LogP contribution in [0.2, 0.25) is 0 Å². The van der Waals surface area contributed by atoms with Crippen LogP contribution in [-0.4, -0.2) is 29.9 Å². The summed E-state index contributed by atoms with van der Waals surface area (Å²) in [6.45, 7) is 0.629. The highest BCUT2D eigenvalue weighted by molar-refractivity contribution is 5.08. The Morgan fingerprint density at radius 1 is 1.19 bits per heavy atom. The van der Waals surface area contributed by atoms with Crippen molar-refractivity contribution >= 4 is 0 Å². The molecule has 0 amide bonds. The van der Waals surface area contributed by atoms with E-state index in [9.17, 15) is 26.3 Å². The zero-order valence-electron chi connectivity index (χ0n) is 10.9. The van der Waals surface area contributed by atoms with Crippen LogP contribution in [-0.2, 0) is 6.42 Å². The van der Waals surface area contributed by atoms with Gasteiger partial charge in [0.2, 0.25) is 5.92 Å². The Bertz CT molecular complexity index is 449. The third-order valence-electron chi connectivity index (χ3n) is 3.09. The van der Waals surface area contributed by atoms with Crippen LogP contribution in [0.1, 0.15) is 36.8 Å². The molecular weight excluding hydrogens is 302 g/mol. The molecule has 1 N–H and O–H groups in total. The minimum atomic E-state index is -5.46. The van der Waals surface area contributed by atoms with E-state index >= 15 is 0 Å². The lowest BCUT2D eigenvalue weighted by Gasteiger charge is -2.20. The van der Waals surface area contributed by atoms with E-state index in [1.165, 1.54) is 0 Å². The predicted molar refractivity (Wildman–Crippen MR) is 60.7 cm³/mol. The fraction of sp³-hybridized carbons (Fsp3) is 0.750. The highest BCUT2D eigenvalue weighted by atomic mass is 19.4. The van der Waals surface area contributed by atoms with Gasteiger partial charge in [0.25, 0.3) is 0 Å². The largest absolute Gasteiger partial charge is 0.445 e. The quantitative estimate of drug-likeness (QED) is 0.644. The summed E-state index contributed by atoms with van der Waals surface area (Å²) in [7, 11) is 0. The summed E-state index contributed by atoms with van der Waals surface area (Å²) in [5.74, 6) is -4.95. The molecule has 0 radical (unpaired) electrons. The predicted octanol–water partition coefficient (Wildman–Crippen LogP) is 3.57. The molecule has 0 spiro atoms. The van der Waals surface area contributed by atoms with Crippen molar-refractivity contribution in [3.05, 3.63) is 17.8 Å². The fourth-order valence-corrected chi connectivity index (χ4v) is 1.91. The van der Waals surface area contributed by atoms with Crippen molar-refractivity contribution in [2.45, 2.75) is 50.0 Å². The maximum atomic E-state index is 12.5. The summed E-state index contributed by atoms with van der Waals surface area (Å²) in [6.07, 6.45) is -7.47. The normalized spacial score (nSPS) is 16.7. The molecule has 2 rings (SSSR count). The van der Waals surface area contributed by atoms with Crippen LogP contribution < -0.4 is 5.32 Å². The van der Waals surface area contributed by atoms with Crippen LogP contribution in [0, 0.1) is 0 Å². The van der Waals surface area contributed by atoms with Crippen LogP contribution in [0.25, 0.3) is 0 Å². The standard InChI is InChI=1S/C12H14F6N2O/c13-11(14,15)10(12(16,17)18)8-6-20-9(21-8)2-1-5-19-7-3-4-7/h6-7,10,19H,1-5H2. The van der Waals surface area contributed by atoms with Crippen molar-refractivity contribution in [3.8, 4) is 0 Å². The number of hydrogen-bond donors (Lipinski definition) is 1. The Labute approximate surface area is 116 Å². The number of aromatic nitrogens is 1. The molecule has 1 saturated carbocycles. The van der Waals surface area contributed by atoms with Crippen molar-refractivity contribution in [1.82, 2.24) is 10.3 Å². The summed E-state index contributed by atoms with van der Waals surface area (Å²) in [6, 6.07) is 0.491. The van der Waals surface area contributed by atoms with E-state index < -0.39 is 24.0 Å². The Morgan fingerprint density at radius 2 is 1.81 bits per heavy atom. The summed E-state index contributed by atoms with van der Waals surface area (Å²) in [4.78, 5) is 3.50. The number of nitrogens with one attached hydrogen (secondary N) is 1. The van der Waals surface area contributed by atoms with E-state index in [-0.39, 0.29) is 12.3 Å². The number of halogens is 6. The molecule has 0 aliphatic heterocycles. The molecule has 0 unspecified atom stereocenters. The molecule has 1 heterocycles. The Hall–Kier alpha value is -1.25. The van der Waals surface area contributed by atoms with E-state index in [0.29, 0.717) is 25.2 Å². The number of rotatable bonds is 6. The second-order valence-corrected chi connectivity index (χ2v) is 5.00. The van der Waals surface area contributed by atoms with Gasteiger partial charge in [-0.15, -0.1) is 0 Å². The summed E-state index contributed by atoms with van der Waals surface area (Å²) in [5.41, 5.74) is 0. The first-order chi connectivity index (χ1) is 9.68. The Morgan fingerprint density at radius 3 is 2.33 bits per heavy atom. The molecule has 21 heavy (non-hydrogen) atoms. The molecule has 1 aromatic rings. The first kappa shape index (κ1) is 16.1. The van der Waals surface area contributed by atoms with Gasteiger partial charge in [-0.25, -0.2) is 4.98 Å². The molecule has 1 aliphatic carbocycles. The molecule has 0 aromatic carbocycles. The molecule has 9 heteroatoms. The lowest BCUT2D eigenvalue weighted by atomic mass is 10.1. The van der Waals surface area contributed by atoms with Crippen LogP contribution in [0.3, 0.4) is 0 Å². The van der Waals surface area contributed by atoms with Gasteiger partial charge in [0.15, 0.2) is 5.89 Å². The van der Waals surface area contributed by atoms with E-state index in [1.54, 1.807) is 0 Å². The molecule has 1 aromatic heterocycles. The highest BCUT2D eigenvalue weighted by Gasteiger charge is 2.59. The van der Waals surface area contributed by atoms with E-state index in [0.717, 1.165) is 12.8 Å². The Balaban J connectivity index is 1.95. The molecule has 120 valence electrons. The molecule has 0 bridgehead atoms. The van der Waals surface area contributed by atoms with Crippen LogP contribution in [0.4, 0.5) is 26.3 Å².